The van der Waals surface area contributed by atoms with Crippen molar-refractivity contribution < 1.29 is 113 Å². The SMILES string of the molecule is CSC(=O)OCC1=C[C@H](O)[C@@H]2C(C(=O)O)=CO[C@@H](O[C@@H]3O[C@H](CO)[C@@H](OC(=O)C4=CO[C@@H](O[C@@H]5O[C@H](CO)[C@@H](O)[C@H](O)[C@H]5O)[C@@H]5C(COC(=O)SC)=C[C@H](O)[C@H]45)[C@H](O)[C@H]3O)[C@H]12. The number of esters is 1. The molecule has 0 unspecified atom stereocenters. The number of aliphatic hydroxyl groups is 9. The normalized spacial score (nSPS) is 40.4. The number of fused-ring (bicyclic) bond motifs is 2. The molecular formula is C36H46O23S2. The third kappa shape index (κ3) is 9.60. The van der Waals surface area contributed by atoms with E-state index in [1.807, 2.05) is 0 Å². The van der Waals surface area contributed by atoms with Crippen molar-refractivity contribution in [1.29, 1.82) is 0 Å². The average Bonchev–Trinajstić information content (AvgIpc) is 3.77. The summed E-state index contributed by atoms with van der Waals surface area (Å²) in [4.78, 5) is 49.8. The summed E-state index contributed by atoms with van der Waals surface area (Å²) < 4.78 is 50.1. The molecule has 10 N–H and O–H groups in total. The Morgan fingerprint density at radius 3 is 1.54 bits per heavy atom. The highest BCUT2D eigenvalue weighted by atomic mass is 32.2. The maximum Gasteiger partial charge on any atom is 0.367 e. The van der Waals surface area contributed by atoms with Crippen molar-refractivity contribution in [1.82, 2.24) is 0 Å². The van der Waals surface area contributed by atoms with Gasteiger partial charge in [-0.2, -0.15) is 0 Å². The van der Waals surface area contributed by atoms with E-state index in [0.717, 1.165) is 36.0 Å². The van der Waals surface area contributed by atoms with Crippen molar-refractivity contribution >= 4 is 46.1 Å². The van der Waals surface area contributed by atoms with Crippen LogP contribution in [0.4, 0.5) is 9.59 Å². The Balaban J connectivity index is 1.19. The highest BCUT2D eigenvalue weighted by molar-refractivity contribution is 8.12. The van der Waals surface area contributed by atoms with Gasteiger partial charge in [0.1, 0.15) is 55.9 Å². The molecule has 340 valence electrons. The lowest BCUT2D eigenvalue weighted by atomic mass is 9.82. The average molecular weight is 911 g/mol. The number of hydrogen-bond acceptors (Lipinski definition) is 24. The van der Waals surface area contributed by atoms with Gasteiger partial charge < -0.3 is 93.7 Å². The molecule has 4 aliphatic heterocycles. The molecule has 0 spiro atoms. The topological polar surface area (TPSA) is 354 Å². The van der Waals surface area contributed by atoms with Gasteiger partial charge in [-0.3, -0.25) is 0 Å². The van der Waals surface area contributed by atoms with Crippen LogP contribution in [0.3, 0.4) is 0 Å². The van der Waals surface area contributed by atoms with E-state index < -0.39 is 159 Å². The third-order valence-electron chi connectivity index (χ3n) is 11.1. The van der Waals surface area contributed by atoms with Crippen LogP contribution in [0, 0.1) is 23.7 Å². The maximum atomic E-state index is 13.9. The fraction of sp³-hybridized carbons (Fsp3) is 0.667. The molecule has 6 aliphatic rings. The van der Waals surface area contributed by atoms with Gasteiger partial charge in [0.25, 0.3) is 0 Å². The molecule has 4 heterocycles. The van der Waals surface area contributed by atoms with E-state index >= 15 is 0 Å². The third-order valence-corrected chi connectivity index (χ3v) is 12.0. The van der Waals surface area contributed by atoms with Gasteiger partial charge >= 0.3 is 22.5 Å². The van der Waals surface area contributed by atoms with Crippen LogP contribution >= 0.6 is 23.5 Å². The number of aliphatic carboxylic acids is 1. The zero-order chi connectivity index (χ0) is 44.4. The molecule has 25 heteroatoms. The first-order valence-electron chi connectivity index (χ1n) is 18.6. The van der Waals surface area contributed by atoms with Crippen LogP contribution < -0.4 is 0 Å². The molecule has 23 nitrogen and oxygen atoms in total. The molecule has 0 aromatic rings. The molecule has 18 atom stereocenters. The number of carbonyl (C=O) groups excluding carboxylic acids is 3. The van der Waals surface area contributed by atoms with Crippen LogP contribution in [-0.2, 0) is 52.2 Å². The van der Waals surface area contributed by atoms with E-state index in [-0.39, 0.29) is 22.3 Å². The number of ether oxygens (including phenoxy) is 9. The summed E-state index contributed by atoms with van der Waals surface area (Å²) in [7, 11) is 0. The van der Waals surface area contributed by atoms with Gasteiger partial charge in [-0.25, -0.2) is 19.2 Å². The van der Waals surface area contributed by atoms with Crippen LogP contribution in [0.5, 0.6) is 0 Å². The van der Waals surface area contributed by atoms with Crippen LogP contribution in [0.2, 0.25) is 0 Å². The lowest BCUT2D eigenvalue weighted by molar-refractivity contribution is -0.342. The van der Waals surface area contributed by atoms with Gasteiger partial charge in [-0.05, 0) is 47.2 Å². The van der Waals surface area contributed by atoms with Gasteiger partial charge in [0.2, 0.25) is 12.6 Å². The first kappa shape index (κ1) is 47.1. The summed E-state index contributed by atoms with van der Waals surface area (Å²) in [6.07, 6.45) is -16.7. The number of carboxylic acids is 1. The second-order valence-electron chi connectivity index (χ2n) is 14.6. The van der Waals surface area contributed by atoms with Gasteiger partial charge in [-0.15, -0.1) is 0 Å². The highest BCUT2D eigenvalue weighted by Gasteiger charge is 2.56. The van der Waals surface area contributed by atoms with Gasteiger partial charge in [0.15, 0.2) is 18.7 Å². The summed E-state index contributed by atoms with van der Waals surface area (Å²) in [6, 6.07) is 0. The van der Waals surface area contributed by atoms with Crippen molar-refractivity contribution in [2.24, 2.45) is 23.7 Å². The molecule has 2 aliphatic carbocycles. The fourth-order valence-corrected chi connectivity index (χ4v) is 8.41. The fourth-order valence-electron chi connectivity index (χ4n) is 8.05. The molecule has 0 aromatic heterocycles. The summed E-state index contributed by atoms with van der Waals surface area (Å²) in [5, 5.41) is 104. The van der Waals surface area contributed by atoms with Gasteiger partial charge in [0.05, 0.1) is 60.9 Å². The number of carbonyl (C=O) groups is 4. The second kappa shape index (κ2) is 20.0. The second-order valence-corrected chi connectivity index (χ2v) is 16.0. The summed E-state index contributed by atoms with van der Waals surface area (Å²) in [5.74, 6) is -7.45. The Morgan fingerprint density at radius 1 is 0.607 bits per heavy atom. The molecule has 0 bridgehead atoms. The molecule has 0 amide bonds. The highest BCUT2D eigenvalue weighted by Crippen LogP contribution is 2.47. The predicted molar refractivity (Wildman–Crippen MR) is 199 cm³/mol. The molecule has 2 fully saturated rings. The minimum atomic E-state index is -2.05. The smallest absolute Gasteiger partial charge is 0.367 e. The summed E-state index contributed by atoms with van der Waals surface area (Å²) in [5.41, 5.74) is -0.334. The van der Waals surface area contributed by atoms with Gasteiger partial charge in [0, 0.05) is 11.8 Å². The lowest BCUT2D eigenvalue weighted by Gasteiger charge is -2.44. The van der Waals surface area contributed by atoms with Crippen LogP contribution in [0.1, 0.15) is 0 Å². The lowest BCUT2D eigenvalue weighted by Crippen LogP contribution is -2.61. The van der Waals surface area contributed by atoms with Crippen molar-refractivity contribution in [3.05, 3.63) is 47.0 Å². The van der Waals surface area contributed by atoms with Crippen molar-refractivity contribution in [3.63, 3.8) is 0 Å². The number of carboxylic acid groups (broad SMARTS) is 1. The van der Waals surface area contributed by atoms with Crippen LogP contribution in [0.25, 0.3) is 0 Å². The van der Waals surface area contributed by atoms with E-state index in [4.69, 9.17) is 42.6 Å². The van der Waals surface area contributed by atoms with Crippen molar-refractivity contribution in [2.45, 2.75) is 86.2 Å². The molecule has 6 rings (SSSR count). The first-order valence-corrected chi connectivity index (χ1v) is 21.1. The number of rotatable bonds is 13. The standard InChI is InChI=1S/C36H46O23S2/c1-60-35(49)53-7-11-3-15(39)21-13(29(46)47)9-51-31(19(11)21)59-34-27(45)25(43)28(18(6-38)56-34)57-30(48)14-10-52-32(58-33-26(44)24(42)23(41)17(5-37)55-33)20-12(4-16(40)22(14)20)8-54-36(50)61-2/h3-4,9-10,15-28,31-34,37-45H,5-8H2,1-2H3,(H,46,47)/t15-,16-,17+,18+,19+,20+,21-,22-,23+,24-,25+,26+,27+,28+,31-,32-,33-,34-/m0/s1. The maximum absolute atomic E-state index is 13.9. The first-order chi connectivity index (χ1) is 29.0. The monoisotopic (exact) mass is 910 g/mol. The predicted octanol–water partition coefficient (Wildman–Crippen LogP) is -3.20. The molecule has 0 radical (unpaired) electrons. The van der Waals surface area contributed by atoms with E-state index in [0.29, 0.717) is 0 Å². The van der Waals surface area contributed by atoms with E-state index in [9.17, 15) is 70.2 Å². The zero-order valence-electron chi connectivity index (χ0n) is 32.1. The van der Waals surface area contributed by atoms with Crippen molar-refractivity contribution in [2.75, 3.05) is 38.9 Å². The van der Waals surface area contributed by atoms with Crippen molar-refractivity contribution in [3.8, 4) is 0 Å². The zero-order valence-corrected chi connectivity index (χ0v) is 33.8. The van der Waals surface area contributed by atoms with E-state index in [1.165, 1.54) is 24.7 Å². The largest absolute Gasteiger partial charge is 0.478 e. The van der Waals surface area contributed by atoms with Crippen LogP contribution in [0.15, 0.2) is 47.0 Å². The summed E-state index contributed by atoms with van der Waals surface area (Å²) in [6.45, 7) is -2.55. The Hall–Kier alpha value is -3.38. The number of hydrogen-bond donors (Lipinski definition) is 10. The Morgan fingerprint density at radius 2 is 1.07 bits per heavy atom. The van der Waals surface area contributed by atoms with Crippen LogP contribution in [-0.4, -0.2) is 199 Å². The molecular weight excluding hydrogens is 865 g/mol. The minimum Gasteiger partial charge on any atom is -0.478 e. The summed E-state index contributed by atoms with van der Waals surface area (Å²) >= 11 is 1.51. The van der Waals surface area contributed by atoms with Gasteiger partial charge in [-0.1, -0.05) is 12.2 Å². The Kier molecular flexibility index (Phi) is 15.4. The van der Waals surface area contributed by atoms with E-state index in [1.54, 1.807) is 0 Å². The number of aliphatic hydroxyl groups excluding tert-OH is 9. The molecule has 61 heavy (non-hydrogen) atoms. The van der Waals surface area contributed by atoms with E-state index in [2.05, 4.69) is 0 Å². The Labute approximate surface area is 354 Å². The number of thioether (sulfide) groups is 2. The molecule has 2 saturated heterocycles. The molecule has 0 saturated carbocycles. The minimum absolute atomic E-state index is 0.172. The quantitative estimate of drug-likeness (QED) is 0.0494. The Bertz CT molecular complexity index is 1770. The molecule has 0 aromatic carbocycles.